The van der Waals surface area contributed by atoms with Crippen molar-refractivity contribution in [2.24, 2.45) is 5.73 Å². The van der Waals surface area contributed by atoms with Crippen molar-refractivity contribution < 1.29 is 0 Å². The molecule has 1 aromatic heterocycles. The van der Waals surface area contributed by atoms with Gasteiger partial charge in [0.05, 0.1) is 5.52 Å². The number of aromatic nitrogens is 1. The minimum absolute atomic E-state index is 0.718. The zero-order valence-electron chi connectivity index (χ0n) is 10.2. The third kappa shape index (κ3) is 2.74. The van der Waals surface area contributed by atoms with Crippen LogP contribution in [0.5, 0.6) is 0 Å². The van der Waals surface area contributed by atoms with Crippen molar-refractivity contribution in [3.63, 3.8) is 0 Å². The Hall–Kier alpha value is -1.61. The second-order valence-corrected chi connectivity index (χ2v) is 4.13. The van der Waals surface area contributed by atoms with E-state index in [-0.39, 0.29) is 0 Å². The van der Waals surface area contributed by atoms with Gasteiger partial charge in [-0.15, -0.1) is 0 Å². The summed E-state index contributed by atoms with van der Waals surface area (Å²) in [5.74, 6) is 0. The summed E-state index contributed by atoms with van der Waals surface area (Å²) in [6.07, 6.45) is 3.88. The van der Waals surface area contributed by atoms with Crippen molar-refractivity contribution in [1.82, 2.24) is 4.98 Å². The highest BCUT2D eigenvalue weighted by atomic mass is 14.9. The first-order valence-electron chi connectivity index (χ1n) is 6.16. The second-order valence-electron chi connectivity index (χ2n) is 4.13. The van der Waals surface area contributed by atoms with Gasteiger partial charge in [-0.25, -0.2) is 0 Å². The van der Waals surface area contributed by atoms with Crippen LogP contribution in [0.25, 0.3) is 10.9 Å². The first-order valence-corrected chi connectivity index (χ1v) is 6.16. The molecule has 0 spiro atoms. The lowest BCUT2D eigenvalue weighted by molar-refractivity contribution is 0.875. The maximum Gasteiger partial charge on any atom is 0.0722 e. The fourth-order valence-electron chi connectivity index (χ4n) is 1.89. The summed E-state index contributed by atoms with van der Waals surface area (Å²) in [6, 6.07) is 8.46. The topological polar surface area (TPSA) is 50.9 Å². The van der Waals surface area contributed by atoms with Crippen LogP contribution in [0.4, 0.5) is 5.69 Å². The molecule has 3 N–H and O–H groups in total. The van der Waals surface area contributed by atoms with Gasteiger partial charge in [-0.3, -0.25) is 4.98 Å². The van der Waals surface area contributed by atoms with Gasteiger partial charge in [-0.1, -0.05) is 13.0 Å². The highest BCUT2D eigenvalue weighted by Gasteiger charge is 2.02. The van der Waals surface area contributed by atoms with Crippen LogP contribution < -0.4 is 11.1 Å². The van der Waals surface area contributed by atoms with Gasteiger partial charge in [0, 0.05) is 23.8 Å². The van der Waals surface area contributed by atoms with E-state index in [2.05, 4.69) is 35.4 Å². The van der Waals surface area contributed by atoms with E-state index < -0.39 is 0 Å². The molecular formula is C14H19N3. The third-order valence-electron chi connectivity index (χ3n) is 2.91. The summed E-state index contributed by atoms with van der Waals surface area (Å²) in [5, 5.41) is 4.62. The summed E-state index contributed by atoms with van der Waals surface area (Å²) in [5.41, 5.74) is 9.03. The molecule has 3 nitrogen and oxygen atoms in total. The zero-order chi connectivity index (χ0) is 12.1. The standard InChI is InChI=1S/C14H19N3/c1-2-11-4-5-13-12(10-11)14(6-9-17-13)16-8-3-7-15/h4-6,9-10H,2-3,7-8,15H2,1H3,(H,16,17). The van der Waals surface area contributed by atoms with Crippen molar-refractivity contribution in [1.29, 1.82) is 0 Å². The van der Waals surface area contributed by atoms with E-state index >= 15 is 0 Å². The maximum atomic E-state index is 5.50. The number of anilines is 1. The Bertz CT molecular complexity index is 494. The SMILES string of the molecule is CCc1ccc2nccc(NCCCN)c2c1. The Balaban J connectivity index is 2.33. The molecule has 0 aliphatic heterocycles. The first kappa shape index (κ1) is 11.9. The molecule has 0 bridgehead atoms. The lowest BCUT2D eigenvalue weighted by Crippen LogP contribution is -2.08. The van der Waals surface area contributed by atoms with E-state index in [1.165, 1.54) is 10.9 Å². The molecular weight excluding hydrogens is 210 g/mol. The number of benzene rings is 1. The predicted octanol–water partition coefficient (Wildman–Crippen LogP) is 2.56. The summed E-state index contributed by atoms with van der Waals surface area (Å²) in [6.45, 7) is 3.79. The summed E-state index contributed by atoms with van der Waals surface area (Å²) in [4.78, 5) is 4.38. The average molecular weight is 229 g/mol. The minimum Gasteiger partial charge on any atom is -0.384 e. The second kappa shape index (κ2) is 5.64. The molecule has 3 heteroatoms. The van der Waals surface area contributed by atoms with Gasteiger partial charge in [-0.05, 0) is 43.1 Å². The van der Waals surface area contributed by atoms with Crippen LogP contribution in [0.2, 0.25) is 0 Å². The fraction of sp³-hybridized carbons (Fsp3) is 0.357. The smallest absolute Gasteiger partial charge is 0.0722 e. The van der Waals surface area contributed by atoms with Gasteiger partial charge in [-0.2, -0.15) is 0 Å². The Labute approximate surface area is 102 Å². The van der Waals surface area contributed by atoms with Crippen LogP contribution in [-0.4, -0.2) is 18.1 Å². The molecule has 17 heavy (non-hydrogen) atoms. The number of pyridine rings is 1. The largest absolute Gasteiger partial charge is 0.384 e. The molecule has 2 rings (SSSR count). The van der Waals surface area contributed by atoms with Crippen molar-refractivity contribution in [2.45, 2.75) is 19.8 Å². The summed E-state index contributed by atoms with van der Waals surface area (Å²) < 4.78 is 0. The van der Waals surface area contributed by atoms with Gasteiger partial charge in [0.1, 0.15) is 0 Å². The van der Waals surface area contributed by atoms with Crippen LogP contribution in [-0.2, 0) is 6.42 Å². The van der Waals surface area contributed by atoms with Crippen molar-refractivity contribution >= 4 is 16.6 Å². The number of hydrogen-bond acceptors (Lipinski definition) is 3. The Morgan fingerprint density at radius 3 is 2.94 bits per heavy atom. The van der Waals surface area contributed by atoms with E-state index in [0.717, 1.165) is 37.1 Å². The molecule has 0 saturated carbocycles. The van der Waals surface area contributed by atoms with Crippen LogP contribution in [0.15, 0.2) is 30.5 Å². The highest BCUT2D eigenvalue weighted by Crippen LogP contribution is 2.22. The Morgan fingerprint density at radius 2 is 2.18 bits per heavy atom. The first-order chi connectivity index (χ1) is 8.35. The van der Waals surface area contributed by atoms with Crippen molar-refractivity contribution in [3.05, 3.63) is 36.0 Å². The van der Waals surface area contributed by atoms with Crippen LogP contribution in [0, 0.1) is 0 Å². The van der Waals surface area contributed by atoms with Gasteiger partial charge in [0.25, 0.3) is 0 Å². The number of nitrogens with zero attached hydrogens (tertiary/aromatic N) is 1. The van der Waals surface area contributed by atoms with E-state index in [4.69, 9.17) is 5.73 Å². The molecule has 90 valence electrons. The number of hydrogen-bond donors (Lipinski definition) is 2. The molecule has 0 amide bonds. The predicted molar refractivity (Wildman–Crippen MR) is 73.3 cm³/mol. The molecule has 1 aromatic carbocycles. The highest BCUT2D eigenvalue weighted by molar-refractivity contribution is 5.91. The van der Waals surface area contributed by atoms with E-state index in [1.54, 1.807) is 0 Å². The van der Waals surface area contributed by atoms with Crippen molar-refractivity contribution in [2.75, 3.05) is 18.4 Å². The Morgan fingerprint density at radius 1 is 1.29 bits per heavy atom. The number of nitrogens with one attached hydrogen (secondary N) is 1. The van der Waals surface area contributed by atoms with E-state index in [0.29, 0.717) is 0 Å². The third-order valence-corrected chi connectivity index (χ3v) is 2.91. The van der Waals surface area contributed by atoms with E-state index in [1.807, 2.05) is 12.3 Å². The summed E-state index contributed by atoms with van der Waals surface area (Å²) >= 11 is 0. The minimum atomic E-state index is 0.718. The quantitative estimate of drug-likeness (QED) is 0.775. The number of fused-ring (bicyclic) bond motifs is 1. The molecule has 2 aromatic rings. The molecule has 0 saturated heterocycles. The van der Waals surface area contributed by atoms with Gasteiger partial charge >= 0.3 is 0 Å². The Kier molecular flexibility index (Phi) is 3.94. The van der Waals surface area contributed by atoms with Gasteiger partial charge in [0.2, 0.25) is 0 Å². The van der Waals surface area contributed by atoms with Crippen molar-refractivity contribution in [3.8, 4) is 0 Å². The number of rotatable bonds is 5. The maximum absolute atomic E-state index is 5.50. The molecule has 0 fully saturated rings. The molecule has 1 heterocycles. The zero-order valence-corrected chi connectivity index (χ0v) is 10.2. The lowest BCUT2D eigenvalue weighted by Gasteiger charge is -2.09. The van der Waals surface area contributed by atoms with E-state index in [9.17, 15) is 0 Å². The average Bonchev–Trinajstić information content (AvgIpc) is 2.39. The molecule has 0 atom stereocenters. The lowest BCUT2D eigenvalue weighted by atomic mass is 10.1. The number of aryl methyl sites for hydroxylation is 1. The molecule has 0 aliphatic carbocycles. The van der Waals surface area contributed by atoms with Gasteiger partial charge < -0.3 is 11.1 Å². The van der Waals surface area contributed by atoms with Gasteiger partial charge in [0.15, 0.2) is 0 Å². The fourth-order valence-corrected chi connectivity index (χ4v) is 1.89. The molecule has 0 unspecified atom stereocenters. The molecule has 0 aliphatic rings. The summed E-state index contributed by atoms with van der Waals surface area (Å²) in [7, 11) is 0. The monoisotopic (exact) mass is 229 g/mol. The number of nitrogens with two attached hydrogens (primary N) is 1. The molecule has 0 radical (unpaired) electrons. The van der Waals surface area contributed by atoms with Crippen LogP contribution in [0.3, 0.4) is 0 Å². The van der Waals surface area contributed by atoms with Crippen LogP contribution in [0.1, 0.15) is 18.9 Å². The van der Waals surface area contributed by atoms with Crippen LogP contribution >= 0.6 is 0 Å². The normalized spacial score (nSPS) is 10.7.